The van der Waals surface area contributed by atoms with Crippen LogP contribution in [0.5, 0.6) is 0 Å². The molecule has 132 valence electrons. The number of piperidine rings is 1. The van der Waals surface area contributed by atoms with Crippen LogP contribution in [0.25, 0.3) is 11.4 Å². The molecule has 1 aliphatic rings. The van der Waals surface area contributed by atoms with Crippen LogP contribution in [-0.4, -0.2) is 62.6 Å². The lowest BCUT2D eigenvalue weighted by atomic mass is 9.96. The molecule has 0 bridgehead atoms. The van der Waals surface area contributed by atoms with Gasteiger partial charge in [0.1, 0.15) is 0 Å². The average molecular weight is 341 g/mol. The largest absolute Gasteiger partial charge is 0.465 e. The van der Waals surface area contributed by atoms with Crippen LogP contribution >= 0.6 is 0 Å². The van der Waals surface area contributed by atoms with Crippen LogP contribution in [0.4, 0.5) is 4.79 Å². The van der Waals surface area contributed by atoms with Crippen LogP contribution in [0.15, 0.2) is 36.8 Å². The van der Waals surface area contributed by atoms with E-state index in [4.69, 9.17) is 5.11 Å². The Balaban J connectivity index is 1.55. The van der Waals surface area contributed by atoms with Crippen LogP contribution in [0.3, 0.4) is 0 Å². The van der Waals surface area contributed by atoms with Gasteiger partial charge in [-0.15, -0.1) is 0 Å². The van der Waals surface area contributed by atoms with E-state index in [2.05, 4.69) is 26.9 Å². The Morgan fingerprint density at radius 3 is 2.64 bits per heavy atom. The fourth-order valence-electron chi connectivity index (χ4n) is 3.21. The number of rotatable bonds is 5. The van der Waals surface area contributed by atoms with Gasteiger partial charge in [-0.25, -0.2) is 14.8 Å². The zero-order chi connectivity index (χ0) is 17.6. The SMILES string of the molecule is CN(Cc1ccnc(-c2ccncc2)n1)CC1CCN(C(=O)O)CC1. The third-order valence-corrected chi connectivity index (χ3v) is 4.54. The topological polar surface area (TPSA) is 82.5 Å². The number of carbonyl (C=O) groups is 1. The van der Waals surface area contributed by atoms with Gasteiger partial charge in [0.05, 0.1) is 5.69 Å². The summed E-state index contributed by atoms with van der Waals surface area (Å²) >= 11 is 0. The Kier molecular flexibility index (Phi) is 5.55. The number of hydrogen-bond acceptors (Lipinski definition) is 5. The van der Waals surface area contributed by atoms with E-state index in [0.717, 1.165) is 37.2 Å². The van der Waals surface area contributed by atoms with Crippen molar-refractivity contribution >= 4 is 6.09 Å². The van der Waals surface area contributed by atoms with Gasteiger partial charge in [0.2, 0.25) is 0 Å². The van der Waals surface area contributed by atoms with Gasteiger partial charge in [0.15, 0.2) is 5.82 Å². The standard InChI is InChI=1S/C18H23N5O2/c1-22(12-14-5-10-23(11-6-14)18(24)25)13-16-4-9-20-17(21-16)15-2-7-19-8-3-15/h2-4,7-9,14H,5-6,10-13H2,1H3,(H,24,25). The maximum atomic E-state index is 11.0. The summed E-state index contributed by atoms with van der Waals surface area (Å²) in [5.41, 5.74) is 1.94. The summed E-state index contributed by atoms with van der Waals surface area (Å²) < 4.78 is 0. The highest BCUT2D eigenvalue weighted by atomic mass is 16.4. The van der Waals surface area contributed by atoms with Crippen molar-refractivity contribution in [1.82, 2.24) is 24.8 Å². The fourth-order valence-corrected chi connectivity index (χ4v) is 3.21. The molecule has 1 fully saturated rings. The lowest BCUT2D eigenvalue weighted by Gasteiger charge is -2.32. The highest BCUT2D eigenvalue weighted by Crippen LogP contribution is 2.19. The zero-order valence-corrected chi connectivity index (χ0v) is 14.4. The van der Waals surface area contributed by atoms with Gasteiger partial charge in [-0.3, -0.25) is 4.98 Å². The molecule has 1 N–H and O–H groups in total. The molecule has 2 aromatic heterocycles. The number of carboxylic acid groups (broad SMARTS) is 1. The highest BCUT2D eigenvalue weighted by Gasteiger charge is 2.23. The maximum absolute atomic E-state index is 11.0. The first kappa shape index (κ1) is 17.3. The summed E-state index contributed by atoms with van der Waals surface area (Å²) in [5, 5.41) is 9.02. The monoisotopic (exact) mass is 341 g/mol. The Morgan fingerprint density at radius 1 is 1.24 bits per heavy atom. The van der Waals surface area contributed by atoms with Crippen molar-refractivity contribution in [2.75, 3.05) is 26.7 Å². The van der Waals surface area contributed by atoms with Gasteiger partial charge >= 0.3 is 6.09 Å². The molecule has 0 spiro atoms. The second-order valence-corrected chi connectivity index (χ2v) is 6.52. The minimum absolute atomic E-state index is 0.530. The Hall–Kier alpha value is -2.54. The van der Waals surface area contributed by atoms with Crippen LogP contribution in [-0.2, 0) is 6.54 Å². The fraction of sp³-hybridized carbons (Fsp3) is 0.444. The van der Waals surface area contributed by atoms with Gasteiger partial charge in [0.25, 0.3) is 0 Å². The number of hydrogen-bond donors (Lipinski definition) is 1. The summed E-state index contributed by atoms with van der Waals surface area (Å²) in [4.78, 5) is 27.7. The quantitative estimate of drug-likeness (QED) is 0.899. The van der Waals surface area contributed by atoms with Crippen molar-refractivity contribution in [3.8, 4) is 11.4 Å². The molecule has 25 heavy (non-hydrogen) atoms. The molecule has 1 aliphatic heterocycles. The van der Waals surface area contributed by atoms with Crippen molar-refractivity contribution in [3.63, 3.8) is 0 Å². The number of aromatic nitrogens is 3. The molecule has 7 nitrogen and oxygen atoms in total. The third kappa shape index (κ3) is 4.73. The molecule has 0 atom stereocenters. The van der Waals surface area contributed by atoms with Gasteiger partial charge < -0.3 is 14.9 Å². The summed E-state index contributed by atoms with van der Waals surface area (Å²) in [6.45, 7) is 2.96. The van der Waals surface area contributed by atoms with Gasteiger partial charge in [-0.1, -0.05) is 0 Å². The predicted molar refractivity (Wildman–Crippen MR) is 93.9 cm³/mol. The van der Waals surface area contributed by atoms with E-state index in [1.54, 1.807) is 18.6 Å². The molecule has 1 saturated heterocycles. The number of likely N-dealkylation sites (tertiary alicyclic amines) is 1. The first-order chi connectivity index (χ1) is 12.1. The molecule has 0 aromatic carbocycles. The second kappa shape index (κ2) is 8.02. The Bertz CT molecular complexity index is 702. The maximum Gasteiger partial charge on any atom is 0.407 e. The highest BCUT2D eigenvalue weighted by molar-refractivity contribution is 5.64. The molecule has 7 heteroatoms. The number of amides is 1. The predicted octanol–water partition coefficient (Wildman–Crippen LogP) is 2.36. The first-order valence-corrected chi connectivity index (χ1v) is 8.50. The lowest BCUT2D eigenvalue weighted by molar-refractivity contribution is 0.116. The molecule has 0 radical (unpaired) electrons. The minimum atomic E-state index is -0.809. The summed E-state index contributed by atoms with van der Waals surface area (Å²) in [5.74, 6) is 1.24. The zero-order valence-electron chi connectivity index (χ0n) is 14.4. The van der Waals surface area contributed by atoms with Crippen molar-refractivity contribution in [3.05, 3.63) is 42.5 Å². The average Bonchev–Trinajstić information content (AvgIpc) is 2.63. The van der Waals surface area contributed by atoms with Crippen molar-refractivity contribution in [2.45, 2.75) is 19.4 Å². The van der Waals surface area contributed by atoms with E-state index < -0.39 is 6.09 Å². The molecule has 0 aliphatic carbocycles. The number of pyridine rings is 1. The van der Waals surface area contributed by atoms with E-state index in [9.17, 15) is 4.79 Å². The molecular formula is C18H23N5O2. The van der Waals surface area contributed by atoms with E-state index >= 15 is 0 Å². The van der Waals surface area contributed by atoms with Crippen LogP contribution in [0.2, 0.25) is 0 Å². The normalized spacial score (nSPS) is 15.5. The van der Waals surface area contributed by atoms with Crippen molar-refractivity contribution in [2.24, 2.45) is 5.92 Å². The van der Waals surface area contributed by atoms with Crippen LogP contribution in [0.1, 0.15) is 18.5 Å². The summed E-state index contributed by atoms with van der Waals surface area (Å²) in [7, 11) is 2.08. The van der Waals surface area contributed by atoms with Gasteiger partial charge in [-0.05, 0) is 44.0 Å². The van der Waals surface area contributed by atoms with E-state index in [0.29, 0.717) is 24.8 Å². The molecule has 1 amide bonds. The van der Waals surface area contributed by atoms with E-state index in [1.165, 1.54) is 4.90 Å². The van der Waals surface area contributed by atoms with E-state index in [-0.39, 0.29) is 0 Å². The second-order valence-electron chi connectivity index (χ2n) is 6.52. The molecule has 0 saturated carbocycles. The Labute approximate surface area is 147 Å². The number of nitrogens with zero attached hydrogens (tertiary/aromatic N) is 5. The van der Waals surface area contributed by atoms with Crippen LogP contribution < -0.4 is 0 Å². The first-order valence-electron chi connectivity index (χ1n) is 8.50. The Morgan fingerprint density at radius 2 is 1.96 bits per heavy atom. The molecule has 3 rings (SSSR count). The summed E-state index contributed by atoms with van der Waals surface area (Å²) in [6.07, 6.45) is 6.29. The van der Waals surface area contributed by atoms with Gasteiger partial charge in [-0.2, -0.15) is 0 Å². The summed E-state index contributed by atoms with van der Waals surface area (Å²) in [6, 6.07) is 5.74. The molecular weight excluding hydrogens is 318 g/mol. The smallest absolute Gasteiger partial charge is 0.407 e. The molecule has 3 heterocycles. The van der Waals surface area contributed by atoms with Crippen molar-refractivity contribution < 1.29 is 9.90 Å². The molecule has 2 aromatic rings. The third-order valence-electron chi connectivity index (χ3n) is 4.54. The van der Waals surface area contributed by atoms with E-state index in [1.807, 2.05) is 18.2 Å². The molecule has 0 unspecified atom stereocenters. The van der Waals surface area contributed by atoms with Crippen LogP contribution in [0, 0.1) is 5.92 Å². The lowest BCUT2D eigenvalue weighted by Crippen LogP contribution is -2.40. The van der Waals surface area contributed by atoms with Crippen molar-refractivity contribution in [1.29, 1.82) is 0 Å². The van der Waals surface area contributed by atoms with Gasteiger partial charge in [0, 0.05) is 50.3 Å². The minimum Gasteiger partial charge on any atom is -0.465 e.